The molecule has 0 saturated heterocycles. The van der Waals surface area contributed by atoms with Gasteiger partial charge in [-0.2, -0.15) is 0 Å². The first-order valence-electron chi connectivity index (χ1n) is 7.78. The minimum atomic E-state index is -0.957. The average molecular weight is 326 g/mol. The smallest absolute Gasteiger partial charge is 0.263 e. The average Bonchev–Trinajstić information content (AvgIpc) is 2.47. The van der Waals surface area contributed by atoms with Crippen molar-refractivity contribution in [3.8, 4) is 5.75 Å². The molecule has 122 valence electrons. The fourth-order valence-electron chi connectivity index (χ4n) is 2.74. The van der Waals surface area contributed by atoms with Crippen LogP contribution in [0.4, 0.5) is 0 Å². The Morgan fingerprint density at radius 3 is 2.68 bits per heavy atom. The Hall–Kier alpha value is -1.26. The molecule has 1 saturated carbocycles. The number of aliphatic hydroxyl groups excluding tert-OH is 1. The first-order chi connectivity index (χ1) is 10.4. The Labute approximate surface area is 136 Å². The highest BCUT2D eigenvalue weighted by Gasteiger charge is 2.31. The zero-order valence-electron chi connectivity index (χ0n) is 13.1. The molecule has 4 nitrogen and oxygen atoms in total. The maximum absolute atomic E-state index is 12.3. The highest BCUT2D eigenvalue weighted by Crippen LogP contribution is 2.24. The number of hydrogen-bond donors (Lipinski definition) is 2. The van der Waals surface area contributed by atoms with Gasteiger partial charge in [-0.1, -0.05) is 18.0 Å². The van der Waals surface area contributed by atoms with E-state index in [9.17, 15) is 9.90 Å². The topological polar surface area (TPSA) is 58.6 Å². The number of carbonyl (C=O) groups is 1. The Morgan fingerprint density at radius 2 is 2.05 bits per heavy atom. The van der Waals surface area contributed by atoms with Gasteiger partial charge in [-0.15, -0.1) is 0 Å². The number of aliphatic hydroxyl groups is 1. The fraction of sp³-hybridized carbons (Fsp3) is 0.588. The summed E-state index contributed by atoms with van der Waals surface area (Å²) in [4.78, 5) is 12.3. The summed E-state index contributed by atoms with van der Waals surface area (Å²) in [5, 5.41) is 13.2. The standard InChI is InChI=1S/C17H24ClNO3/c1-17(2,22-15-8-6-13(18)7-9-15)16(21)19-11-12-4-3-5-14(20)10-12/h6-9,12,14,20H,3-5,10-11H2,1-2H3,(H,19,21). The minimum absolute atomic E-state index is 0.150. The highest BCUT2D eigenvalue weighted by molar-refractivity contribution is 6.30. The van der Waals surface area contributed by atoms with Crippen LogP contribution in [-0.4, -0.2) is 29.3 Å². The molecule has 0 spiro atoms. The quantitative estimate of drug-likeness (QED) is 0.874. The Balaban J connectivity index is 1.85. The van der Waals surface area contributed by atoms with Gasteiger partial charge in [0.25, 0.3) is 5.91 Å². The molecule has 1 aromatic rings. The lowest BCUT2D eigenvalue weighted by atomic mass is 9.87. The second-order valence-corrected chi connectivity index (χ2v) is 6.90. The maximum Gasteiger partial charge on any atom is 0.263 e. The number of ether oxygens (including phenoxy) is 1. The summed E-state index contributed by atoms with van der Waals surface area (Å²) in [6.07, 6.45) is 3.48. The molecule has 5 heteroatoms. The van der Waals surface area contributed by atoms with Crippen LogP contribution < -0.4 is 10.1 Å². The Morgan fingerprint density at radius 1 is 1.36 bits per heavy atom. The number of nitrogens with one attached hydrogen (secondary N) is 1. The number of halogens is 1. The van der Waals surface area contributed by atoms with Gasteiger partial charge < -0.3 is 15.2 Å². The van der Waals surface area contributed by atoms with Crippen LogP contribution >= 0.6 is 11.6 Å². The minimum Gasteiger partial charge on any atom is -0.478 e. The molecule has 0 radical (unpaired) electrons. The molecule has 0 aliphatic heterocycles. The summed E-state index contributed by atoms with van der Waals surface area (Å²) in [5.41, 5.74) is -0.957. The molecular formula is C17H24ClNO3. The molecule has 1 aliphatic rings. The molecule has 1 fully saturated rings. The van der Waals surface area contributed by atoms with Gasteiger partial charge in [0.1, 0.15) is 5.75 Å². The lowest BCUT2D eigenvalue weighted by Gasteiger charge is -2.29. The van der Waals surface area contributed by atoms with Gasteiger partial charge in [-0.05, 0) is 63.3 Å². The zero-order chi connectivity index (χ0) is 16.2. The van der Waals surface area contributed by atoms with E-state index >= 15 is 0 Å². The van der Waals surface area contributed by atoms with E-state index in [1.807, 2.05) is 0 Å². The number of carbonyl (C=O) groups excluding carboxylic acids is 1. The van der Waals surface area contributed by atoms with Crippen molar-refractivity contribution in [3.63, 3.8) is 0 Å². The second-order valence-electron chi connectivity index (χ2n) is 6.46. The molecule has 2 N–H and O–H groups in total. The van der Waals surface area contributed by atoms with Gasteiger partial charge >= 0.3 is 0 Å². The van der Waals surface area contributed by atoms with E-state index in [2.05, 4.69) is 5.32 Å². The van der Waals surface area contributed by atoms with Gasteiger partial charge in [0, 0.05) is 11.6 Å². The molecule has 22 heavy (non-hydrogen) atoms. The van der Waals surface area contributed by atoms with Crippen LogP contribution in [-0.2, 0) is 4.79 Å². The number of rotatable bonds is 5. The SMILES string of the molecule is CC(C)(Oc1ccc(Cl)cc1)C(=O)NCC1CCCC(O)C1. The van der Waals surface area contributed by atoms with E-state index in [0.29, 0.717) is 23.2 Å². The van der Waals surface area contributed by atoms with Crippen LogP contribution in [0.3, 0.4) is 0 Å². The zero-order valence-corrected chi connectivity index (χ0v) is 13.9. The third-order valence-electron chi connectivity index (χ3n) is 4.04. The van der Waals surface area contributed by atoms with E-state index < -0.39 is 5.60 Å². The van der Waals surface area contributed by atoms with Crippen molar-refractivity contribution >= 4 is 17.5 Å². The van der Waals surface area contributed by atoms with E-state index in [4.69, 9.17) is 16.3 Å². The lowest BCUT2D eigenvalue weighted by molar-refractivity contribution is -0.134. The van der Waals surface area contributed by atoms with Crippen LogP contribution in [0, 0.1) is 5.92 Å². The summed E-state index contributed by atoms with van der Waals surface area (Å²) >= 11 is 5.84. The van der Waals surface area contributed by atoms with Crippen LogP contribution in [0.2, 0.25) is 5.02 Å². The third-order valence-corrected chi connectivity index (χ3v) is 4.29. The predicted molar refractivity (Wildman–Crippen MR) is 87.1 cm³/mol. The molecule has 2 atom stereocenters. The van der Waals surface area contributed by atoms with Crippen molar-refractivity contribution in [2.24, 2.45) is 5.92 Å². The molecule has 1 aliphatic carbocycles. The molecule has 1 aromatic carbocycles. The number of hydrogen-bond acceptors (Lipinski definition) is 3. The van der Waals surface area contributed by atoms with Gasteiger partial charge in [0.05, 0.1) is 6.10 Å². The Kier molecular flexibility index (Phi) is 5.70. The van der Waals surface area contributed by atoms with Gasteiger partial charge in [0.2, 0.25) is 0 Å². The van der Waals surface area contributed by atoms with Crippen LogP contribution in [0.1, 0.15) is 39.5 Å². The molecule has 2 rings (SSSR count). The van der Waals surface area contributed by atoms with E-state index in [0.717, 1.165) is 25.7 Å². The van der Waals surface area contributed by atoms with Crippen molar-refractivity contribution < 1.29 is 14.6 Å². The predicted octanol–water partition coefficient (Wildman–Crippen LogP) is 3.16. The van der Waals surface area contributed by atoms with E-state index in [-0.39, 0.29) is 12.0 Å². The Bertz CT molecular complexity index is 501. The normalized spacial score (nSPS) is 22.2. The van der Waals surface area contributed by atoms with Gasteiger partial charge in [-0.25, -0.2) is 0 Å². The maximum atomic E-state index is 12.3. The fourth-order valence-corrected chi connectivity index (χ4v) is 2.87. The van der Waals surface area contributed by atoms with Gasteiger partial charge in [-0.3, -0.25) is 4.79 Å². The molecule has 0 aromatic heterocycles. The molecule has 1 amide bonds. The lowest BCUT2D eigenvalue weighted by Crippen LogP contribution is -2.48. The van der Waals surface area contributed by atoms with Crippen LogP contribution in [0.25, 0.3) is 0 Å². The largest absolute Gasteiger partial charge is 0.478 e. The van der Waals surface area contributed by atoms with Crippen LogP contribution in [0.15, 0.2) is 24.3 Å². The second kappa shape index (κ2) is 7.34. The molecule has 0 bridgehead atoms. The van der Waals surface area contributed by atoms with Crippen LogP contribution in [0.5, 0.6) is 5.75 Å². The van der Waals surface area contributed by atoms with Crippen molar-refractivity contribution in [1.29, 1.82) is 0 Å². The van der Waals surface area contributed by atoms with Crippen molar-refractivity contribution in [1.82, 2.24) is 5.32 Å². The summed E-state index contributed by atoms with van der Waals surface area (Å²) in [6.45, 7) is 4.07. The summed E-state index contributed by atoms with van der Waals surface area (Å²) in [5.74, 6) is 0.805. The summed E-state index contributed by atoms with van der Waals surface area (Å²) < 4.78 is 5.76. The highest BCUT2D eigenvalue weighted by atomic mass is 35.5. The van der Waals surface area contributed by atoms with Crippen molar-refractivity contribution in [2.75, 3.05) is 6.54 Å². The first-order valence-corrected chi connectivity index (χ1v) is 8.15. The molecule has 2 unspecified atom stereocenters. The molecular weight excluding hydrogens is 302 g/mol. The third kappa shape index (κ3) is 4.89. The van der Waals surface area contributed by atoms with E-state index in [1.54, 1.807) is 38.1 Å². The number of benzene rings is 1. The van der Waals surface area contributed by atoms with Crippen molar-refractivity contribution in [3.05, 3.63) is 29.3 Å². The van der Waals surface area contributed by atoms with Crippen molar-refractivity contribution in [2.45, 2.75) is 51.2 Å². The van der Waals surface area contributed by atoms with Gasteiger partial charge in [0.15, 0.2) is 5.60 Å². The molecule has 0 heterocycles. The monoisotopic (exact) mass is 325 g/mol. The van der Waals surface area contributed by atoms with E-state index in [1.165, 1.54) is 0 Å². The first kappa shape index (κ1) is 17.1. The number of amides is 1. The summed E-state index contributed by atoms with van der Waals surface area (Å²) in [7, 11) is 0. The summed E-state index contributed by atoms with van der Waals surface area (Å²) in [6, 6.07) is 6.95.